The second kappa shape index (κ2) is 41.7. The summed E-state index contributed by atoms with van der Waals surface area (Å²) >= 11 is 0. The number of allylic oxidation sites excluding steroid dienone is 14. The highest BCUT2D eigenvalue weighted by molar-refractivity contribution is 5.69. The molecule has 1 heterocycles. The molecule has 0 spiro atoms. The van der Waals surface area contributed by atoms with E-state index in [-0.39, 0.29) is 19.6 Å². The van der Waals surface area contributed by atoms with Crippen molar-refractivity contribution < 1.29 is 44.2 Å². The van der Waals surface area contributed by atoms with Gasteiger partial charge in [0.05, 0.1) is 19.8 Å². The minimum atomic E-state index is -1.55. The Morgan fingerprint density at radius 1 is 0.550 bits per heavy atom. The molecule has 0 bridgehead atoms. The second-order valence-corrected chi connectivity index (χ2v) is 15.8. The Bertz CT molecular complexity index is 1190. The predicted octanol–water partition coefficient (Wildman–Crippen LogP) is 11.0. The lowest BCUT2D eigenvalue weighted by molar-refractivity contribution is -0.305. The summed E-state index contributed by atoms with van der Waals surface area (Å²) in [6.07, 6.45) is 49.2. The molecule has 1 saturated heterocycles. The maximum atomic E-state index is 12.7. The largest absolute Gasteiger partial charge is 0.457 e. The first-order valence-corrected chi connectivity index (χ1v) is 23.7. The topological polar surface area (TPSA) is 135 Å². The zero-order valence-electron chi connectivity index (χ0n) is 37.7. The molecule has 344 valence electrons. The molecule has 1 aliphatic heterocycles. The molecule has 9 nitrogen and oxygen atoms in total. The zero-order valence-corrected chi connectivity index (χ0v) is 37.7. The number of unbranched alkanes of at least 4 members (excludes halogenated alkanes) is 14. The number of esters is 1. The minimum Gasteiger partial charge on any atom is -0.457 e. The van der Waals surface area contributed by atoms with Crippen LogP contribution in [0, 0.1) is 0 Å². The van der Waals surface area contributed by atoms with Gasteiger partial charge in [-0.2, -0.15) is 0 Å². The van der Waals surface area contributed by atoms with Crippen LogP contribution in [0.1, 0.15) is 168 Å². The van der Waals surface area contributed by atoms with E-state index in [1.165, 1.54) is 77.0 Å². The van der Waals surface area contributed by atoms with Gasteiger partial charge in [-0.1, -0.05) is 170 Å². The van der Waals surface area contributed by atoms with E-state index < -0.39 is 49.4 Å². The third-order valence-electron chi connectivity index (χ3n) is 10.3. The Morgan fingerprint density at radius 3 is 1.53 bits per heavy atom. The summed E-state index contributed by atoms with van der Waals surface area (Å²) in [5.41, 5.74) is 0. The number of aliphatic hydroxyl groups is 4. The van der Waals surface area contributed by atoms with Crippen molar-refractivity contribution in [1.82, 2.24) is 0 Å². The second-order valence-electron chi connectivity index (χ2n) is 15.8. The molecule has 9 heteroatoms. The summed E-state index contributed by atoms with van der Waals surface area (Å²) < 4.78 is 22.7. The molecular weight excluding hydrogens is 757 g/mol. The van der Waals surface area contributed by atoms with Gasteiger partial charge in [0.2, 0.25) is 0 Å². The first kappa shape index (κ1) is 55.4. The van der Waals surface area contributed by atoms with Crippen LogP contribution in [0.15, 0.2) is 85.1 Å². The van der Waals surface area contributed by atoms with Crippen molar-refractivity contribution in [3.05, 3.63) is 85.1 Å². The number of hydrogen-bond donors (Lipinski definition) is 4. The molecule has 0 aromatic heterocycles. The maximum absolute atomic E-state index is 12.7. The van der Waals surface area contributed by atoms with Gasteiger partial charge in [0, 0.05) is 13.0 Å². The lowest BCUT2D eigenvalue weighted by atomic mass is 9.99. The minimum absolute atomic E-state index is 0.107. The first-order valence-electron chi connectivity index (χ1n) is 23.7. The summed E-state index contributed by atoms with van der Waals surface area (Å²) in [7, 11) is 0. The van der Waals surface area contributed by atoms with E-state index in [1.54, 1.807) is 0 Å². The Kier molecular flexibility index (Phi) is 38.5. The van der Waals surface area contributed by atoms with E-state index >= 15 is 0 Å². The fourth-order valence-corrected chi connectivity index (χ4v) is 6.63. The molecule has 60 heavy (non-hydrogen) atoms. The average Bonchev–Trinajstić information content (AvgIpc) is 3.25. The number of aliphatic hydroxyl groups excluding tert-OH is 4. The number of rotatable bonds is 39. The van der Waals surface area contributed by atoms with Crippen LogP contribution in [0.3, 0.4) is 0 Å². The molecule has 1 aliphatic rings. The van der Waals surface area contributed by atoms with Crippen LogP contribution in [0.4, 0.5) is 0 Å². The third-order valence-corrected chi connectivity index (χ3v) is 10.3. The normalized spacial score (nSPS) is 20.8. The SMILES string of the molecule is CC/C=C\C/C=C\C/C=C\C/C=C\CCC(=O)OC(COCCCCCCCCCCC/C=C\C/C=C\C/C=C\CCCCCCC)COC1OC(CO)C(O)C(O)C1O. The Labute approximate surface area is 365 Å². The zero-order chi connectivity index (χ0) is 43.6. The van der Waals surface area contributed by atoms with Gasteiger partial charge in [-0.3, -0.25) is 4.79 Å². The van der Waals surface area contributed by atoms with Crippen molar-refractivity contribution in [2.24, 2.45) is 0 Å². The van der Waals surface area contributed by atoms with Gasteiger partial charge in [-0.25, -0.2) is 0 Å². The van der Waals surface area contributed by atoms with Crippen LogP contribution in [-0.2, 0) is 23.7 Å². The fourth-order valence-electron chi connectivity index (χ4n) is 6.63. The molecule has 1 fully saturated rings. The Balaban J connectivity index is 2.25. The van der Waals surface area contributed by atoms with E-state index in [0.29, 0.717) is 13.0 Å². The molecule has 0 amide bonds. The van der Waals surface area contributed by atoms with Gasteiger partial charge in [0.25, 0.3) is 0 Å². The highest BCUT2D eigenvalue weighted by Crippen LogP contribution is 2.22. The van der Waals surface area contributed by atoms with Gasteiger partial charge in [-0.15, -0.1) is 0 Å². The molecule has 0 saturated carbocycles. The van der Waals surface area contributed by atoms with Gasteiger partial charge in [-0.05, 0) is 77.0 Å². The molecule has 0 aromatic carbocycles. The number of carbonyl (C=O) groups excluding carboxylic acids is 1. The van der Waals surface area contributed by atoms with Gasteiger partial charge >= 0.3 is 5.97 Å². The van der Waals surface area contributed by atoms with E-state index in [4.69, 9.17) is 18.9 Å². The predicted molar refractivity (Wildman–Crippen MR) is 247 cm³/mol. The summed E-state index contributed by atoms with van der Waals surface area (Å²) in [6.45, 7) is 4.31. The summed E-state index contributed by atoms with van der Waals surface area (Å²) in [5, 5.41) is 40.1. The van der Waals surface area contributed by atoms with Gasteiger partial charge in [0.15, 0.2) is 6.29 Å². The fraction of sp³-hybridized carbons (Fsp3) is 0.706. The molecule has 6 unspecified atom stereocenters. The van der Waals surface area contributed by atoms with Crippen LogP contribution in [0.25, 0.3) is 0 Å². The molecule has 6 atom stereocenters. The molecule has 0 aliphatic carbocycles. The lowest BCUT2D eigenvalue weighted by Gasteiger charge is -2.39. The summed E-state index contributed by atoms with van der Waals surface area (Å²) in [5.74, 6) is -0.398. The van der Waals surface area contributed by atoms with Gasteiger partial charge < -0.3 is 39.4 Å². The summed E-state index contributed by atoms with van der Waals surface area (Å²) in [4.78, 5) is 12.7. The highest BCUT2D eigenvalue weighted by Gasteiger charge is 2.44. The maximum Gasteiger partial charge on any atom is 0.306 e. The highest BCUT2D eigenvalue weighted by atomic mass is 16.7. The Hall–Kier alpha value is -2.63. The smallest absolute Gasteiger partial charge is 0.306 e. The van der Waals surface area contributed by atoms with Crippen LogP contribution in [0.5, 0.6) is 0 Å². The van der Waals surface area contributed by atoms with Crippen molar-refractivity contribution in [2.45, 2.75) is 205 Å². The van der Waals surface area contributed by atoms with Crippen molar-refractivity contribution in [1.29, 1.82) is 0 Å². The van der Waals surface area contributed by atoms with Gasteiger partial charge in [0.1, 0.15) is 30.5 Å². The average molecular weight is 843 g/mol. The lowest BCUT2D eigenvalue weighted by Crippen LogP contribution is -2.59. The van der Waals surface area contributed by atoms with Crippen molar-refractivity contribution in [2.75, 3.05) is 26.4 Å². The molecule has 0 radical (unpaired) electrons. The number of carbonyl (C=O) groups is 1. The molecule has 4 N–H and O–H groups in total. The monoisotopic (exact) mass is 843 g/mol. The van der Waals surface area contributed by atoms with E-state index in [1.807, 2.05) is 12.2 Å². The van der Waals surface area contributed by atoms with Crippen LogP contribution in [0.2, 0.25) is 0 Å². The van der Waals surface area contributed by atoms with Crippen molar-refractivity contribution in [3.63, 3.8) is 0 Å². The molecular formula is C51H86O9. The number of hydrogen-bond acceptors (Lipinski definition) is 9. The van der Waals surface area contributed by atoms with Crippen LogP contribution >= 0.6 is 0 Å². The standard InChI is InChI=1S/C51H86O9/c1-3-5-7-9-11-13-15-17-18-19-20-21-22-23-24-25-26-27-29-31-33-35-37-39-41-57-43-45(44-58-51-50(56)49(55)48(54)46(42-52)60-51)59-47(53)40-38-36-34-32-30-28-16-14-12-10-8-6-4-2/h6,8,12,14-15,17,19-20,22-23,28,30,34,36,45-46,48-52,54-56H,3-5,7,9-11,13,16,18,21,24-27,29,31-33,35,37-44H2,1-2H3/b8-6-,14-12-,17-15-,20-19-,23-22-,30-28-,36-34-. The number of ether oxygens (including phenoxy) is 4. The third kappa shape index (κ3) is 32.1. The molecule has 1 rings (SSSR count). The van der Waals surface area contributed by atoms with Crippen molar-refractivity contribution in [3.8, 4) is 0 Å². The van der Waals surface area contributed by atoms with Crippen LogP contribution < -0.4 is 0 Å². The quantitative estimate of drug-likeness (QED) is 0.0271. The van der Waals surface area contributed by atoms with Crippen LogP contribution in [-0.4, -0.2) is 89.6 Å². The Morgan fingerprint density at radius 2 is 1.02 bits per heavy atom. The van der Waals surface area contributed by atoms with Crippen molar-refractivity contribution >= 4 is 5.97 Å². The molecule has 0 aromatic rings. The van der Waals surface area contributed by atoms with E-state index in [2.05, 4.69) is 86.8 Å². The van der Waals surface area contributed by atoms with E-state index in [0.717, 1.165) is 64.2 Å². The summed E-state index contributed by atoms with van der Waals surface area (Å²) in [6, 6.07) is 0. The first-order chi connectivity index (χ1) is 29.4. The van der Waals surface area contributed by atoms with E-state index in [9.17, 15) is 25.2 Å².